The van der Waals surface area contributed by atoms with Gasteiger partial charge in [-0.1, -0.05) is 0 Å². The van der Waals surface area contributed by atoms with Gasteiger partial charge in [0.15, 0.2) is 0 Å². The summed E-state index contributed by atoms with van der Waals surface area (Å²) in [5.41, 5.74) is 5.44. The van der Waals surface area contributed by atoms with E-state index >= 15 is 0 Å². The Bertz CT molecular complexity index is 707. The van der Waals surface area contributed by atoms with E-state index in [4.69, 9.17) is 14.7 Å². The quantitative estimate of drug-likeness (QED) is 0.506. The molecule has 2 atom stereocenters. The van der Waals surface area contributed by atoms with Crippen LogP contribution in [0.5, 0.6) is 0 Å². The van der Waals surface area contributed by atoms with E-state index < -0.39 is 28.5 Å². The van der Waals surface area contributed by atoms with Gasteiger partial charge in [0, 0.05) is 13.0 Å². The molecule has 134 valence electrons. The van der Waals surface area contributed by atoms with E-state index in [1.807, 2.05) is 0 Å². The second-order valence-corrected chi connectivity index (χ2v) is 6.79. The summed E-state index contributed by atoms with van der Waals surface area (Å²) in [5.74, 6) is 0.802. The molecule has 2 saturated heterocycles. The Morgan fingerprint density at radius 2 is 2.12 bits per heavy atom. The molecule has 0 aromatic carbocycles. The van der Waals surface area contributed by atoms with Gasteiger partial charge in [0.05, 0.1) is 6.04 Å². The zero-order valence-electron chi connectivity index (χ0n) is 12.9. The van der Waals surface area contributed by atoms with E-state index in [9.17, 15) is 13.2 Å². The van der Waals surface area contributed by atoms with Crippen LogP contribution in [-0.4, -0.2) is 58.3 Å². The number of rotatable bonds is 7. The molecule has 2 bridgehead atoms. The van der Waals surface area contributed by atoms with Crippen molar-refractivity contribution < 1.29 is 26.5 Å². The summed E-state index contributed by atoms with van der Waals surface area (Å²) in [6.45, 7) is 0.862. The maximum absolute atomic E-state index is 12.3. The van der Waals surface area contributed by atoms with E-state index in [1.165, 1.54) is 4.90 Å². The van der Waals surface area contributed by atoms with Gasteiger partial charge in [-0.2, -0.15) is 13.5 Å². The van der Waals surface area contributed by atoms with E-state index in [-0.39, 0.29) is 6.54 Å². The molecule has 2 fully saturated rings. The summed E-state index contributed by atoms with van der Waals surface area (Å²) in [4.78, 5) is 13.7. The zero-order chi connectivity index (χ0) is 17.3. The van der Waals surface area contributed by atoms with Crippen molar-refractivity contribution in [2.45, 2.75) is 44.2 Å². The normalized spacial score (nSPS) is 24.0. The molecule has 12 heteroatoms. The van der Waals surface area contributed by atoms with E-state index in [1.54, 1.807) is 0 Å². The van der Waals surface area contributed by atoms with Crippen LogP contribution in [0.3, 0.4) is 0 Å². The Labute approximate surface area is 138 Å². The Morgan fingerprint density at radius 3 is 2.83 bits per heavy atom. The van der Waals surface area contributed by atoms with Crippen LogP contribution < -0.4 is 5.73 Å². The van der Waals surface area contributed by atoms with Gasteiger partial charge in [0.1, 0.15) is 6.04 Å². The van der Waals surface area contributed by atoms with Gasteiger partial charge in [0.2, 0.25) is 11.8 Å². The summed E-state index contributed by atoms with van der Waals surface area (Å²) in [6.07, 6.45) is 3.34. The molecular weight excluding hydrogens is 342 g/mol. The second kappa shape index (κ2) is 6.63. The Morgan fingerprint density at radius 1 is 1.33 bits per heavy atom. The van der Waals surface area contributed by atoms with Crippen LogP contribution >= 0.6 is 0 Å². The van der Waals surface area contributed by atoms with Crippen molar-refractivity contribution in [3.63, 3.8) is 0 Å². The monoisotopic (exact) mass is 361 g/mol. The molecule has 24 heavy (non-hydrogen) atoms. The fourth-order valence-electron chi connectivity index (χ4n) is 3.01. The second-order valence-electron chi connectivity index (χ2n) is 5.79. The summed E-state index contributed by atoms with van der Waals surface area (Å²) in [7, 11) is -4.75. The van der Waals surface area contributed by atoms with Crippen molar-refractivity contribution in [2.75, 3.05) is 13.1 Å². The highest BCUT2D eigenvalue weighted by atomic mass is 32.3. The third-order valence-corrected chi connectivity index (χ3v) is 4.46. The molecule has 3 N–H and O–H groups in total. The number of carbonyl (C=O) groups excluding carboxylic acids is 1. The molecule has 0 saturated carbocycles. The van der Waals surface area contributed by atoms with Gasteiger partial charge in [-0.05, 0) is 32.2 Å². The molecule has 2 aliphatic rings. The molecule has 0 radical (unpaired) electrons. The largest absolute Gasteiger partial charge is 0.423 e. The van der Waals surface area contributed by atoms with E-state index in [0.29, 0.717) is 42.7 Å². The minimum absolute atomic E-state index is 0.268. The Hall–Kier alpha value is -1.76. The number of nitrogens with zero attached hydrogens (tertiary/aromatic N) is 4. The summed E-state index contributed by atoms with van der Waals surface area (Å²) < 4.78 is 40.5. The molecule has 3 heterocycles. The highest BCUT2D eigenvalue weighted by Crippen LogP contribution is 2.38. The lowest BCUT2D eigenvalue weighted by Gasteiger charge is -2.27. The summed E-state index contributed by atoms with van der Waals surface area (Å²) >= 11 is 0. The number of nitrogens with two attached hydrogens (primary N) is 1. The highest BCUT2D eigenvalue weighted by molar-refractivity contribution is 7.80. The Balaban J connectivity index is 1.70. The van der Waals surface area contributed by atoms with Gasteiger partial charge < -0.3 is 15.1 Å². The molecular formula is C12H19N5O6S. The lowest BCUT2D eigenvalue weighted by molar-refractivity contribution is -0.0317. The average Bonchev–Trinajstić information content (AvgIpc) is 3.07. The lowest BCUT2D eigenvalue weighted by atomic mass is 10.0. The highest BCUT2D eigenvalue weighted by Gasteiger charge is 2.49. The van der Waals surface area contributed by atoms with Crippen molar-refractivity contribution >= 4 is 16.4 Å². The number of hydrogen-bond acceptors (Lipinski definition) is 8. The predicted octanol–water partition coefficient (Wildman–Crippen LogP) is 0.0265. The van der Waals surface area contributed by atoms with Crippen LogP contribution in [0.2, 0.25) is 0 Å². The number of piperidine rings is 1. The molecule has 0 spiro atoms. The lowest BCUT2D eigenvalue weighted by Crippen LogP contribution is -2.35. The number of unbranched alkanes of at least 4 members (excludes halogenated alkanes) is 1. The SMILES string of the molecule is NCCCCc1nnc([C@@H]2CC[C@H]3CN2C(=O)N3OS(=O)(=O)O)o1. The first-order valence-corrected chi connectivity index (χ1v) is 9.04. The maximum Gasteiger partial charge on any atom is 0.418 e. The van der Waals surface area contributed by atoms with E-state index in [0.717, 1.165) is 12.8 Å². The summed E-state index contributed by atoms with van der Waals surface area (Å²) in [5, 5.41) is 8.66. The first-order valence-electron chi connectivity index (χ1n) is 7.68. The number of hydrogen-bond donors (Lipinski definition) is 2. The van der Waals surface area contributed by atoms with E-state index in [2.05, 4.69) is 14.5 Å². The molecule has 0 aliphatic carbocycles. The molecule has 0 unspecified atom stereocenters. The topological polar surface area (TPSA) is 152 Å². The van der Waals surface area contributed by atoms with Gasteiger partial charge in [0.25, 0.3) is 0 Å². The fraction of sp³-hybridized carbons (Fsp3) is 0.750. The molecule has 2 amide bonds. The van der Waals surface area contributed by atoms with Gasteiger partial charge in [-0.25, -0.2) is 4.79 Å². The van der Waals surface area contributed by atoms with Crippen molar-refractivity contribution in [1.82, 2.24) is 20.2 Å². The minimum atomic E-state index is -4.75. The van der Waals surface area contributed by atoms with Crippen LogP contribution in [0.15, 0.2) is 4.42 Å². The number of carbonyl (C=O) groups is 1. The number of aryl methyl sites for hydroxylation is 1. The molecule has 3 rings (SSSR count). The number of amides is 2. The number of urea groups is 1. The zero-order valence-corrected chi connectivity index (χ0v) is 13.7. The van der Waals surface area contributed by atoms with Crippen LogP contribution in [-0.2, 0) is 21.1 Å². The van der Waals surface area contributed by atoms with Crippen LogP contribution in [0.4, 0.5) is 4.79 Å². The number of fused-ring (bicyclic) bond motifs is 2. The smallest absolute Gasteiger partial charge is 0.418 e. The van der Waals surface area contributed by atoms with Crippen LogP contribution in [0.25, 0.3) is 0 Å². The minimum Gasteiger partial charge on any atom is -0.423 e. The van der Waals surface area contributed by atoms with Gasteiger partial charge in [-0.15, -0.1) is 14.5 Å². The van der Waals surface area contributed by atoms with Crippen molar-refractivity contribution in [3.8, 4) is 0 Å². The average molecular weight is 361 g/mol. The third kappa shape index (κ3) is 3.50. The first-order chi connectivity index (χ1) is 11.4. The van der Waals surface area contributed by atoms with Crippen molar-refractivity contribution in [2.24, 2.45) is 5.73 Å². The maximum atomic E-state index is 12.3. The molecule has 11 nitrogen and oxygen atoms in total. The first kappa shape index (κ1) is 17.1. The van der Waals surface area contributed by atoms with Crippen molar-refractivity contribution in [1.29, 1.82) is 0 Å². The standard InChI is InChI=1S/C12H19N5O6S/c13-6-2-1-3-10-14-15-11(22-10)9-5-4-8-7-16(9)12(18)17(8)23-24(19,20)21/h8-9H,1-7,13H2,(H,19,20,21)/t8-,9-/m0/s1. The molecule has 1 aromatic heterocycles. The number of aromatic nitrogens is 2. The predicted molar refractivity (Wildman–Crippen MR) is 78.6 cm³/mol. The van der Waals surface area contributed by atoms with Gasteiger partial charge in [-0.3, -0.25) is 4.55 Å². The van der Waals surface area contributed by atoms with Crippen molar-refractivity contribution in [3.05, 3.63) is 11.8 Å². The third-order valence-electron chi connectivity index (χ3n) is 4.11. The summed E-state index contributed by atoms with van der Waals surface area (Å²) in [6, 6.07) is -1.52. The van der Waals surface area contributed by atoms with Crippen LogP contribution in [0, 0.1) is 0 Å². The number of hydroxylamine groups is 2. The molecule has 2 aliphatic heterocycles. The van der Waals surface area contributed by atoms with Gasteiger partial charge >= 0.3 is 16.4 Å². The van der Waals surface area contributed by atoms with Crippen LogP contribution in [0.1, 0.15) is 43.5 Å². The fourth-order valence-corrected chi connectivity index (χ4v) is 3.40. The molecule has 1 aromatic rings. The Kier molecular flexibility index (Phi) is 4.71.